The lowest BCUT2D eigenvalue weighted by Crippen LogP contribution is -2.50. The Morgan fingerprint density at radius 2 is 2.25 bits per heavy atom. The Bertz CT molecular complexity index is 365. The summed E-state index contributed by atoms with van der Waals surface area (Å²) in [6, 6.07) is 6.81. The van der Waals surface area contributed by atoms with Crippen molar-refractivity contribution in [1.29, 1.82) is 0 Å². The molecule has 0 aromatic heterocycles. The van der Waals surface area contributed by atoms with Crippen LogP contribution in [0.3, 0.4) is 0 Å². The summed E-state index contributed by atoms with van der Waals surface area (Å²) in [6.07, 6.45) is 0. The highest BCUT2D eigenvalue weighted by Crippen LogP contribution is 2.29. The number of methoxy groups -OCH3 is 1. The van der Waals surface area contributed by atoms with Crippen molar-refractivity contribution in [2.45, 2.75) is 19.9 Å². The Labute approximate surface area is 97.4 Å². The monoisotopic (exact) mass is 220 g/mol. The fourth-order valence-corrected chi connectivity index (χ4v) is 2.33. The van der Waals surface area contributed by atoms with Crippen LogP contribution in [0.15, 0.2) is 18.2 Å². The Hall–Kier alpha value is -1.22. The van der Waals surface area contributed by atoms with Crippen LogP contribution in [0.5, 0.6) is 5.75 Å². The van der Waals surface area contributed by atoms with Crippen LogP contribution in [0.4, 0.5) is 5.69 Å². The summed E-state index contributed by atoms with van der Waals surface area (Å²) in [5.41, 5.74) is 2.53. The van der Waals surface area contributed by atoms with Gasteiger partial charge in [0.25, 0.3) is 0 Å². The maximum Gasteiger partial charge on any atom is 0.123 e. The van der Waals surface area contributed by atoms with Gasteiger partial charge in [-0.1, -0.05) is 6.07 Å². The minimum absolute atomic E-state index is 0.541. The van der Waals surface area contributed by atoms with Crippen LogP contribution in [-0.4, -0.2) is 32.8 Å². The first kappa shape index (κ1) is 11.3. The number of benzene rings is 1. The molecule has 1 aliphatic rings. The van der Waals surface area contributed by atoms with Crippen molar-refractivity contribution in [3.8, 4) is 5.75 Å². The van der Waals surface area contributed by atoms with Crippen LogP contribution in [0.1, 0.15) is 12.5 Å². The second-order valence-electron chi connectivity index (χ2n) is 4.35. The van der Waals surface area contributed by atoms with Crippen molar-refractivity contribution in [2.24, 2.45) is 0 Å². The van der Waals surface area contributed by atoms with Crippen LogP contribution in [-0.2, 0) is 0 Å². The summed E-state index contributed by atoms with van der Waals surface area (Å²) < 4.78 is 5.37. The molecular formula is C13H20N2O. The third kappa shape index (κ3) is 2.00. The molecule has 2 rings (SSSR count). The number of nitrogens with zero attached hydrogens (tertiary/aromatic N) is 1. The average molecular weight is 220 g/mol. The SMILES string of the molecule is COc1cccc(N2CCNCC2C)c1C. The maximum atomic E-state index is 5.37. The third-order valence-corrected chi connectivity index (χ3v) is 3.29. The molecule has 0 bridgehead atoms. The highest BCUT2D eigenvalue weighted by atomic mass is 16.5. The molecule has 1 aromatic rings. The lowest BCUT2D eigenvalue weighted by molar-refractivity contribution is 0.411. The molecule has 0 spiro atoms. The van der Waals surface area contributed by atoms with Crippen LogP contribution in [0.2, 0.25) is 0 Å². The number of hydrogen-bond acceptors (Lipinski definition) is 3. The topological polar surface area (TPSA) is 24.5 Å². The van der Waals surface area contributed by atoms with Gasteiger partial charge in [0.05, 0.1) is 7.11 Å². The van der Waals surface area contributed by atoms with E-state index in [0.717, 1.165) is 25.4 Å². The number of hydrogen-bond donors (Lipinski definition) is 1. The van der Waals surface area contributed by atoms with E-state index in [1.807, 2.05) is 6.07 Å². The highest BCUT2D eigenvalue weighted by molar-refractivity contribution is 5.59. The minimum atomic E-state index is 0.541. The summed E-state index contributed by atoms with van der Waals surface area (Å²) in [7, 11) is 1.73. The molecule has 1 aromatic carbocycles. The molecule has 16 heavy (non-hydrogen) atoms. The van der Waals surface area contributed by atoms with Gasteiger partial charge in [-0.2, -0.15) is 0 Å². The molecule has 1 saturated heterocycles. The van der Waals surface area contributed by atoms with Gasteiger partial charge >= 0.3 is 0 Å². The molecule has 1 aliphatic heterocycles. The van der Waals surface area contributed by atoms with Gasteiger partial charge in [0, 0.05) is 36.9 Å². The molecule has 88 valence electrons. The molecule has 0 aliphatic carbocycles. The zero-order valence-electron chi connectivity index (χ0n) is 10.3. The van der Waals surface area contributed by atoms with Crippen molar-refractivity contribution in [3.63, 3.8) is 0 Å². The Kier molecular flexibility index (Phi) is 3.34. The summed E-state index contributed by atoms with van der Waals surface area (Å²) in [5, 5.41) is 3.41. The molecule has 1 heterocycles. The van der Waals surface area contributed by atoms with E-state index in [4.69, 9.17) is 4.74 Å². The number of rotatable bonds is 2. The largest absolute Gasteiger partial charge is 0.496 e. The molecule has 1 N–H and O–H groups in total. The predicted octanol–water partition coefficient (Wildman–Crippen LogP) is 1.80. The van der Waals surface area contributed by atoms with Gasteiger partial charge in [-0.05, 0) is 26.0 Å². The molecule has 3 nitrogen and oxygen atoms in total. The van der Waals surface area contributed by atoms with Crippen molar-refractivity contribution in [2.75, 3.05) is 31.6 Å². The van der Waals surface area contributed by atoms with E-state index in [9.17, 15) is 0 Å². The Morgan fingerprint density at radius 3 is 2.94 bits per heavy atom. The number of anilines is 1. The lowest BCUT2D eigenvalue weighted by Gasteiger charge is -2.37. The second kappa shape index (κ2) is 4.74. The highest BCUT2D eigenvalue weighted by Gasteiger charge is 2.20. The van der Waals surface area contributed by atoms with Gasteiger partial charge in [-0.15, -0.1) is 0 Å². The van der Waals surface area contributed by atoms with Gasteiger partial charge in [-0.3, -0.25) is 0 Å². The fraction of sp³-hybridized carbons (Fsp3) is 0.538. The Morgan fingerprint density at radius 1 is 1.44 bits per heavy atom. The lowest BCUT2D eigenvalue weighted by atomic mass is 10.1. The van der Waals surface area contributed by atoms with E-state index >= 15 is 0 Å². The third-order valence-electron chi connectivity index (χ3n) is 3.29. The van der Waals surface area contributed by atoms with E-state index in [1.165, 1.54) is 11.3 Å². The van der Waals surface area contributed by atoms with Gasteiger partial charge < -0.3 is 15.0 Å². The zero-order valence-corrected chi connectivity index (χ0v) is 10.3. The number of piperazine rings is 1. The number of ether oxygens (including phenoxy) is 1. The first-order valence-corrected chi connectivity index (χ1v) is 5.85. The van der Waals surface area contributed by atoms with E-state index in [1.54, 1.807) is 7.11 Å². The Balaban J connectivity index is 2.31. The van der Waals surface area contributed by atoms with Crippen molar-refractivity contribution in [1.82, 2.24) is 5.32 Å². The van der Waals surface area contributed by atoms with Crippen molar-refractivity contribution in [3.05, 3.63) is 23.8 Å². The molecular weight excluding hydrogens is 200 g/mol. The summed E-state index contributed by atoms with van der Waals surface area (Å²) in [4.78, 5) is 2.45. The van der Waals surface area contributed by atoms with Crippen LogP contribution >= 0.6 is 0 Å². The summed E-state index contributed by atoms with van der Waals surface area (Å²) in [6.45, 7) is 7.56. The van der Waals surface area contributed by atoms with E-state index in [2.05, 4.69) is 36.2 Å². The molecule has 0 amide bonds. The standard InChI is InChI=1S/C13H20N2O/c1-10-9-14-7-8-15(10)12-5-4-6-13(16-3)11(12)2/h4-6,10,14H,7-9H2,1-3H3. The van der Waals surface area contributed by atoms with Crippen LogP contribution in [0.25, 0.3) is 0 Å². The predicted molar refractivity (Wildman–Crippen MR) is 67.4 cm³/mol. The van der Waals surface area contributed by atoms with Crippen molar-refractivity contribution < 1.29 is 4.74 Å². The molecule has 1 fully saturated rings. The first-order valence-electron chi connectivity index (χ1n) is 5.85. The van der Waals surface area contributed by atoms with E-state index < -0.39 is 0 Å². The zero-order chi connectivity index (χ0) is 11.5. The molecule has 1 atom stereocenters. The minimum Gasteiger partial charge on any atom is -0.496 e. The molecule has 3 heteroatoms. The molecule has 0 saturated carbocycles. The summed E-state index contributed by atoms with van der Waals surface area (Å²) >= 11 is 0. The molecule has 0 radical (unpaired) electrons. The summed E-state index contributed by atoms with van der Waals surface area (Å²) in [5.74, 6) is 0.975. The van der Waals surface area contributed by atoms with Gasteiger partial charge in [0.2, 0.25) is 0 Å². The van der Waals surface area contributed by atoms with Crippen molar-refractivity contribution >= 4 is 5.69 Å². The normalized spacial score (nSPS) is 20.9. The first-order chi connectivity index (χ1) is 7.74. The molecule has 1 unspecified atom stereocenters. The smallest absolute Gasteiger partial charge is 0.123 e. The van der Waals surface area contributed by atoms with Crippen LogP contribution in [0, 0.1) is 6.92 Å². The van der Waals surface area contributed by atoms with E-state index in [-0.39, 0.29) is 0 Å². The van der Waals surface area contributed by atoms with Crippen LogP contribution < -0.4 is 15.0 Å². The second-order valence-corrected chi connectivity index (χ2v) is 4.35. The van der Waals surface area contributed by atoms with Gasteiger partial charge in [0.1, 0.15) is 5.75 Å². The van der Waals surface area contributed by atoms with Gasteiger partial charge in [-0.25, -0.2) is 0 Å². The quantitative estimate of drug-likeness (QED) is 0.822. The number of nitrogens with one attached hydrogen (secondary N) is 1. The van der Waals surface area contributed by atoms with E-state index in [0.29, 0.717) is 6.04 Å². The fourth-order valence-electron chi connectivity index (χ4n) is 2.33. The van der Waals surface area contributed by atoms with Gasteiger partial charge in [0.15, 0.2) is 0 Å². The maximum absolute atomic E-state index is 5.37. The average Bonchev–Trinajstić information content (AvgIpc) is 2.31.